The van der Waals surface area contributed by atoms with Crippen molar-refractivity contribution in [2.24, 2.45) is 11.8 Å². The van der Waals surface area contributed by atoms with Gasteiger partial charge >= 0.3 is 0 Å². The van der Waals surface area contributed by atoms with Gasteiger partial charge in [0.25, 0.3) is 0 Å². The van der Waals surface area contributed by atoms with Crippen LogP contribution in [0.1, 0.15) is 19.8 Å². The molecule has 2 fully saturated rings. The van der Waals surface area contributed by atoms with Crippen LogP contribution < -0.4 is 10.6 Å². The molecule has 2 rings (SSSR count). The molecule has 20 heavy (non-hydrogen) atoms. The molecule has 0 aromatic carbocycles. The Labute approximate surface area is 120 Å². The maximum atomic E-state index is 12.5. The van der Waals surface area contributed by atoms with E-state index >= 15 is 0 Å². The highest BCUT2D eigenvalue weighted by molar-refractivity contribution is 5.81. The summed E-state index contributed by atoms with van der Waals surface area (Å²) in [4.78, 5) is 26.2. The third kappa shape index (κ3) is 3.30. The van der Waals surface area contributed by atoms with Gasteiger partial charge in [-0.15, -0.1) is 0 Å². The minimum absolute atomic E-state index is 0.0546. The van der Waals surface area contributed by atoms with Crippen LogP contribution in [0, 0.1) is 11.8 Å². The van der Waals surface area contributed by atoms with E-state index in [1.165, 1.54) is 0 Å². The first-order valence-electron chi connectivity index (χ1n) is 7.48. The van der Waals surface area contributed by atoms with Crippen molar-refractivity contribution in [1.29, 1.82) is 0 Å². The average Bonchev–Trinajstić information content (AvgIpc) is 2.95. The quantitative estimate of drug-likeness (QED) is 0.736. The van der Waals surface area contributed by atoms with Crippen molar-refractivity contribution in [3.63, 3.8) is 0 Å². The van der Waals surface area contributed by atoms with E-state index in [0.29, 0.717) is 32.8 Å². The number of amides is 2. The summed E-state index contributed by atoms with van der Waals surface area (Å²) in [6.07, 6.45) is 1.52. The fourth-order valence-electron chi connectivity index (χ4n) is 3.00. The number of nitrogens with zero attached hydrogens (tertiary/aromatic N) is 1. The Hall–Kier alpha value is -1.14. The number of carbonyl (C=O) groups is 2. The third-order valence-electron chi connectivity index (χ3n) is 4.30. The molecular formula is C14H25N3O3. The van der Waals surface area contributed by atoms with Crippen LogP contribution in [0.25, 0.3) is 0 Å². The molecule has 0 saturated carbocycles. The van der Waals surface area contributed by atoms with E-state index < -0.39 is 0 Å². The molecule has 6 heteroatoms. The van der Waals surface area contributed by atoms with Gasteiger partial charge in [-0.2, -0.15) is 0 Å². The summed E-state index contributed by atoms with van der Waals surface area (Å²) in [6, 6.07) is 0.114. The smallest absolute Gasteiger partial charge is 0.229 e. The van der Waals surface area contributed by atoms with E-state index in [-0.39, 0.29) is 29.7 Å². The fraction of sp³-hybridized carbons (Fsp3) is 0.857. The van der Waals surface area contributed by atoms with E-state index in [1.54, 1.807) is 0 Å². The number of piperidine rings is 1. The molecule has 2 unspecified atom stereocenters. The normalized spacial score (nSPS) is 27.6. The molecule has 114 valence electrons. The molecule has 2 aliphatic heterocycles. The molecular weight excluding hydrogens is 258 g/mol. The molecule has 0 bridgehead atoms. The topological polar surface area (TPSA) is 70.7 Å². The van der Waals surface area contributed by atoms with E-state index in [9.17, 15) is 9.59 Å². The van der Waals surface area contributed by atoms with Gasteiger partial charge in [0.15, 0.2) is 0 Å². The van der Waals surface area contributed by atoms with E-state index in [1.807, 2.05) is 18.9 Å². The summed E-state index contributed by atoms with van der Waals surface area (Å²) < 4.78 is 5.39. The predicted molar refractivity (Wildman–Crippen MR) is 75.1 cm³/mol. The van der Waals surface area contributed by atoms with Crippen LogP contribution in [0.15, 0.2) is 0 Å². The van der Waals surface area contributed by atoms with Gasteiger partial charge < -0.3 is 20.3 Å². The Morgan fingerprint density at radius 3 is 2.55 bits per heavy atom. The van der Waals surface area contributed by atoms with Crippen LogP contribution in [0.3, 0.4) is 0 Å². The molecule has 2 N–H and O–H groups in total. The summed E-state index contributed by atoms with van der Waals surface area (Å²) in [6.45, 7) is 5.04. The number of likely N-dealkylation sites (tertiary alicyclic amines) is 1. The highest BCUT2D eigenvalue weighted by atomic mass is 16.5. The Bertz CT molecular complexity index is 354. The van der Waals surface area contributed by atoms with Gasteiger partial charge in [-0.05, 0) is 26.8 Å². The molecule has 0 aromatic rings. The van der Waals surface area contributed by atoms with E-state index in [0.717, 1.165) is 12.8 Å². The Kier molecular flexibility index (Phi) is 5.37. The molecule has 2 atom stereocenters. The average molecular weight is 283 g/mol. The second-order valence-electron chi connectivity index (χ2n) is 5.53. The molecule has 0 aromatic heterocycles. The molecule has 0 aliphatic carbocycles. The van der Waals surface area contributed by atoms with Crippen molar-refractivity contribution < 1.29 is 14.3 Å². The summed E-state index contributed by atoms with van der Waals surface area (Å²) in [5.74, 6) is 0.257. The molecule has 0 spiro atoms. The largest absolute Gasteiger partial charge is 0.379 e. The first-order chi connectivity index (χ1) is 9.67. The van der Waals surface area contributed by atoms with Crippen molar-refractivity contribution in [3.05, 3.63) is 0 Å². The molecule has 0 radical (unpaired) electrons. The molecule has 2 saturated heterocycles. The predicted octanol–water partition coefficient (Wildman–Crippen LogP) is -0.404. The lowest BCUT2D eigenvalue weighted by atomic mass is 9.94. The van der Waals surface area contributed by atoms with E-state index in [4.69, 9.17) is 4.74 Å². The standard InChI is InChI=1S/C14H25N3O3/c1-3-16-13(18)10-4-6-17(7-5-10)14(19)11-8-20-9-12(11)15-2/h10-12,15H,3-9H2,1-2H3,(H,16,18). The number of hydrogen-bond acceptors (Lipinski definition) is 4. The minimum Gasteiger partial charge on any atom is -0.379 e. The van der Waals surface area contributed by atoms with Crippen LogP contribution in [0.5, 0.6) is 0 Å². The first-order valence-corrected chi connectivity index (χ1v) is 7.48. The Morgan fingerprint density at radius 1 is 1.25 bits per heavy atom. The molecule has 6 nitrogen and oxygen atoms in total. The van der Waals surface area contributed by atoms with Crippen LogP contribution in [-0.4, -0.2) is 62.7 Å². The maximum Gasteiger partial charge on any atom is 0.229 e. The van der Waals surface area contributed by atoms with Crippen molar-refractivity contribution in [3.8, 4) is 0 Å². The van der Waals surface area contributed by atoms with Gasteiger partial charge in [0.05, 0.1) is 19.1 Å². The van der Waals surface area contributed by atoms with Gasteiger partial charge in [0.2, 0.25) is 11.8 Å². The van der Waals surface area contributed by atoms with Gasteiger partial charge in [-0.3, -0.25) is 9.59 Å². The Balaban J connectivity index is 1.84. The lowest BCUT2D eigenvalue weighted by Crippen LogP contribution is -2.48. The summed E-state index contributed by atoms with van der Waals surface area (Å²) in [5, 5.41) is 6.00. The molecule has 2 amide bonds. The number of nitrogens with one attached hydrogen (secondary N) is 2. The van der Waals surface area contributed by atoms with Crippen LogP contribution in [0.2, 0.25) is 0 Å². The lowest BCUT2D eigenvalue weighted by Gasteiger charge is -2.33. The number of rotatable bonds is 4. The zero-order valence-corrected chi connectivity index (χ0v) is 12.4. The van der Waals surface area contributed by atoms with Crippen molar-refractivity contribution in [2.45, 2.75) is 25.8 Å². The second kappa shape index (κ2) is 7.04. The zero-order valence-electron chi connectivity index (χ0n) is 12.4. The number of ether oxygens (including phenoxy) is 1. The monoisotopic (exact) mass is 283 g/mol. The number of likely N-dealkylation sites (N-methyl/N-ethyl adjacent to an activating group) is 1. The van der Waals surface area contributed by atoms with Gasteiger partial charge in [-0.1, -0.05) is 0 Å². The maximum absolute atomic E-state index is 12.5. The lowest BCUT2D eigenvalue weighted by molar-refractivity contribution is -0.139. The third-order valence-corrected chi connectivity index (χ3v) is 4.30. The fourth-order valence-corrected chi connectivity index (χ4v) is 3.00. The number of hydrogen-bond donors (Lipinski definition) is 2. The zero-order chi connectivity index (χ0) is 14.5. The minimum atomic E-state index is -0.0824. The van der Waals surface area contributed by atoms with Crippen LogP contribution in [-0.2, 0) is 14.3 Å². The van der Waals surface area contributed by atoms with E-state index in [2.05, 4.69) is 10.6 Å². The highest BCUT2D eigenvalue weighted by Crippen LogP contribution is 2.22. The first kappa shape index (κ1) is 15.3. The summed E-state index contributed by atoms with van der Waals surface area (Å²) in [5.41, 5.74) is 0. The van der Waals surface area contributed by atoms with Crippen LogP contribution >= 0.6 is 0 Å². The van der Waals surface area contributed by atoms with Crippen molar-refractivity contribution in [1.82, 2.24) is 15.5 Å². The number of carbonyl (C=O) groups excluding carboxylic acids is 2. The van der Waals surface area contributed by atoms with Gasteiger partial charge in [0.1, 0.15) is 0 Å². The Morgan fingerprint density at radius 2 is 1.95 bits per heavy atom. The highest BCUT2D eigenvalue weighted by Gasteiger charge is 2.37. The summed E-state index contributed by atoms with van der Waals surface area (Å²) >= 11 is 0. The molecule has 2 heterocycles. The van der Waals surface area contributed by atoms with Crippen LogP contribution in [0.4, 0.5) is 0 Å². The summed E-state index contributed by atoms with van der Waals surface area (Å²) in [7, 11) is 1.86. The van der Waals surface area contributed by atoms with Gasteiger partial charge in [0, 0.05) is 31.6 Å². The SMILES string of the molecule is CCNC(=O)C1CCN(C(=O)C2COCC2NC)CC1. The molecule has 2 aliphatic rings. The van der Waals surface area contributed by atoms with Crippen molar-refractivity contribution in [2.75, 3.05) is 39.9 Å². The van der Waals surface area contributed by atoms with Gasteiger partial charge in [-0.25, -0.2) is 0 Å². The van der Waals surface area contributed by atoms with Crippen molar-refractivity contribution >= 4 is 11.8 Å². The second-order valence-corrected chi connectivity index (χ2v) is 5.53.